The first kappa shape index (κ1) is 22.3. The fourth-order valence-corrected chi connectivity index (χ4v) is 2.84. The minimum atomic E-state index is -1.23. The van der Waals surface area contributed by atoms with Crippen LogP contribution in [0.3, 0.4) is 0 Å². The van der Waals surface area contributed by atoms with Gasteiger partial charge in [-0.3, -0.25) is 0 Å². The predicted octanol–water partition coefficient (Wildman–Crippen LogP) is 2.30. The third-order valence-corrected chi connectivity index (χ3v) is 4.50. The molecule has 2 aromatic carbocycles. The zero-order chi connectivity index (χ0) is 20.6. The van der Waals surface area contributed by atoms with Gasteiger partial charge >= 0.3 is 0 Å². The first-order valence-electron chi connectivity index (χ1n) is 8.56. The van der Waals surface area contributed by atoms with Gasteiger partial charge in [-0.2, -0.15) is 0 Å². The lowest BCUT2D eigenvalue weighted by Crippen LogP contribution is -2.48. The van der Waals surface area contributed by atoms with Gasteiger partial charge < -0.3 is 31.5 Å². The number of nitrogens with two attached hydrogens (primary N) is 2. The van der Waals surface area contributed by atoms with Crippen molar-refractivity contribution in [2.24, 2.45) is 16.5 Å². The molecule has 0 aliphatic heterocycles. The molecule has 1 atom stereocenters. The van der Waals surface area contributed by atoms with Crippen LogP contribution >= 0.6 is 22.6 Å². The highest BCUT2D eigenvalue weighted by atomic mass is 127. The van der Waals surface area contributed by atoms with E-state index in [1.54, 1.807) is 28.5 Å². The van der Waals surface area contributed by atoms with Gasteiger partial charge in [0.1, 0.15) is 11.5 Å². The second-order valence-electron chi connectivity index (χ2n) is 6.37. The molecular weight excluding hydrogens is 473 g/mol. The van der Waals surface area contributed by atoms with Gasteiger partial charge in [0.05, 0.1) is 34.8 Å². The minimum Gasteiger partial charge on any atom is -0.457 e. The lowest BCUT2D eigenvalue weighted by molar-refractivity contribution is 0.0618. The van der Waals surface area contributed by atoms with Crippen molar-refractivity contribution in [2.45, 2.75) is 18.1 Å². The Labute approximate surface area is 177 Å². The molecule has 28 heavy (non-hydrogen) atoms. The van der Waals surface area contributed by atoms with E-state index in [0.29, 0.717) is 22.8 Å². The zero-order valence-corrected chi connectivity index (χ0v) is 17.4. The summed E-state index contributed by atoms with van der Waals surface area (Å²) in [4.78, 5) is 4.18. The van der Waals surface area contributed by atoms with Crippen LogP contribution in [0.15, 0.2) is 59.7 Å². The number of aliphatic hydroxyl groups excluding tert-OH is 3. The second-order valence-corrected chi connectivity index (χ2v) is 6.93. The molecule has 7 N–H and O–H groups in total. The highest BCUT2D eigenvalue weighted by molar-refractivity contribution is 14.1. The molecule has 7 nitrogen and oxygen atoms in total. The van der Waals surface area contributed by atoms with Gasteiger partial charge in [0.25, 0.3) is 0 Å². The van der Waals surface area contributed by atoms with Crippen LogP contribution in [0.5, 0.6) is 11.5 Å². The zero-order valence-electron chi connectivity index (χ0n) is 15.2. The van der Waals surface area contributed by atoms with Crippen LogP contribution in [0, 0.1) is 0 Å². The Bertz CT molecular complexity index is 803. The number of benzene rings is 2. The molecule has 0 fully saturated rings. The van der Waals surface area contributed by atoms with Crippen LogP contribution in [0.2, 0.25) is 0 Å². The first-order chi connectivity index (χ1) is 13.4. The van der Waals surface area contributed by atoms with Crippen LogP contribution in [0.1, 0.15) is 23.7 Å². The summed E-state index contributed by atoms with van der Waals surface area (Å²) in [5, 5.41) is 28.8. The second kappa shape index (κ2) is 10.5. The lowest BCUT2D eigenvalue weighted by Gasteiger charge is -2.27. The largest absolute Gasteiger partial charge is 0.457 e. The number of hydrogen-bond acceptors (Lipinski definition) is 7. The van der Waals surface area contributed by atoms with Gasteiger partial charge in [-0.1, -0.05) is 12.1 Å². The number of aliphatic imine (C=N–C) groups is 1. The third-order valence-electron chi connectivity index (χ3n) is 4.23. The van der Waals surface area contributed by atoms with Crippen molar-refractivity contribution in [3.63, 3.8) is 0 Å². The fourth-order valence-electron chi connectivity index (χ4n) is 2.54. The van der Waals surface area contributed by atoms with Gasteiger partial charge in [0.2, 0.25) is 0 Å². The minimum absolute atomic E-state index is 0.0400. The number of hydrogen-bond donors (Lipinski definition) is 5. The van der Waals surface area contributed by atoms with E-state index in [-0.39, 0.29) is 6.42 Å². The molecule has 1 unspecified atom stereocenters. The topological polar surface area (TPSA) is 134 Å². The molecule has 0 spiro atoms. The van der Waals surface area contributed by atoms with E-state index in [1.807, 2.05) is 46.9 Å². The summed E-state index contributed by atoms with van der Waals surface area (Å²) in [6.45, 7) is -0.829. The van der Waals surface area contributed by atoms with Crippen molar-refractivity contribution in [3.8, 4) is 11.5 Å². The Morgan fingerprint density at radius 2 is 1.61 bits per heavy atom. The highest BCUT2D eigenvalue weighted by Gasteiger charge is 2.27. The lowest BCUT2D eigenvalue weighted by atomic mass is 9.92. The maximum atomic E-state index is 10.3. The average molecular weight is 497 g/mol. The summed E-state index contributed by atoms with van der Waals surface area (Å²) < 4.78 is 7.45. The van der Waals surface area contributed by atoms with Crippen LogP contribution in [-0.4, -0.2) is 38.3 Å². The molecule has 0 radical (unpaired) electrons. The Hall–Kier alpha value is -1.98. The molecule has 2 aromatic rings. The molecule has 0 aliphatic rings. The van der Waals surface area contributed by atoms with Crippen LogP contribution in [0.25, 0.3) is 5.70 Å². The van der Waals surface area contributed by atoms with Crippen molar-refractivity contribution < 1.29 is 20.1 Å². The van der Waals surface area contributed by atoms with Crippen LogP contribution in [0.4, 0.5) is 0 Å². The van der Waals surface area contributed by atoms with E-state index >= 15 is 0 Å². The number of aliphatic hydroxyl groups is 3. The molecule has 0 bridgehead atoms. The van der Waals surface area contributed by atoms with Gasteiger partial charge in [-0.25, -0.2) is 4.99 Å². The van der Waals surface area contributed by atoms with E-state index in [4.69, 9.17) is 16.2 Å². The van der Waals surface area contributed by atoms with Gasteiger partial charge in [0, 0.05) is 11.8 Å². The number of nitrogens with zero attached hydrogens (tertiary/aromatic N) is 1. The fraction of sp³-hybridized carbons (Fsp3) is 0.250. The monoisotopic (exact) mass is 497 g/mol. The molecule has 0 heterocycles. The molecule has 0 amide bonds. The summed E-state index contributed by atoms with van der Waals surface area (Å²) in [5.74, 6) is 1.25. The first-order valence-corrected chi connectivity index (χ1v) is 9.81. The Morgan fingerprint density at radius 1 is 1.07 bits per heavy atom. The molecular formula is C20H24IN3O4. The molecule has 0 saturated carbocycles. The molecule has 2 rings (SSSR count). The SMILES string of the molecule is N/C=C(\N=CI)c1ccc(Oc2ccc(C(O)CC(N)(CO)CO)cc2)cc1. The van der Waals surface area contributed by atoms with Crippen molar-refractivity contribution in [1.29, 1.82) is 0 Å². The van der Waals surface area contributed by atoms with Gasteiger partial charge in [-0.05, 0) is 71.0 Å². The van der Waals surface area contributed by atoms with Crippen LogP contribution in [-0.2, 0) is 0 Å². The quantitative estimate of drug-likeness (QED) is 0.267. The van der Waals surface area contributed by atoms with E-state index in [2.05, 4.69) is 4.99 Å². The van der Waals surface area contributed by atoms with Gasteiger partial charge in [-0.15, -0.1) is 0 Å². The Kier molecular flexibility index (Phi) is 8.39. The Balaban J connectivity index is 2.04. The molecule has 0 aromatic heterocycles. The molecule has 8 heteroatoms. The smallest absolute Gasteiger partial charge is 0.127 e. The number of halogens is 1. The van der Waals surface area contributed by atoms with Crippen LogP contribution < -0.4 is 16.2 Å². The van der Waals surface area contributed by atoms with Gasteiger partial charge in [0.15, 0.2) is 0 Å². The number of rotatable bonds is 9. The summed E-state index contributed by atoms with van der Waals surface area (Å²) in [5.41, 5.74) is 12.3. The Morgan fingerprint density at radius 3 is 2.07 bits per heavy atom. The predicted molar refractivity (Wildman–Crippen MR) is 118 cm³/mol. The summed E-state index contributed by atoms with van der Waals surface area (Å²) in [6, 6.07) is 14.2. The maximum absolute atomic E-state index is 10.3. The summed E-state index contributed by atoms with van der Waals surface area (Å²) in [7, 11) is 0. The van der Waals surface area contributed by atoms with Crippen molar-refractivity contribution >= 4 is 32.5 Å². The molecule has 150 valence electrons. The highest BCUT2D eigenvalue weighted by Crippen LogP contribution is 2.27. The van der Waals surface area contributed by atoms with E-state index < -0.39 is 24.9 Å². The van der Waals surface area contributed by atoms with E-state index in [9.17, 15) is 15.3 Å². The number of ether oxygens (including phenoxy) is 1. The summed E-state index contributed by atoms with van der Waals surface area (Å²) in [6.07, 6.45) is 0.578. The van der Waals surface area contributed by atoms with Crippen molar-refractivity contribution in [3.05, 3.63) is 65.9 Å². The molecule has 0 saturated heterocycles. The van der Waals surface area contributed by atoms with E-state index in [1.165, 1.54) is 6.20 Å². The molecule has 0 aliphatic carbocycles. The maximum Gasteiger partial charge on any atom is 0.127 e. The van der Waals surface area contributed by atoms with E-state index in [0.717, 1.165) is 5.56 Å². The standard InChI is InChI=1S/C20H24IN3O4/c21-13-24-18(10-22)14-1-5-16(6-2-14)28-17-7-3-15(4-8-17)19(27)9-20(23,11-25)12-26/h1-8,10,13,19,25-27H,9,11-12,22-23H2/b18-10-,24-13?. The van der Waals surface area contributed by atoms with Crippen molar-refractivity contribution in [2.75, 3.05) is 13.2 Å². The van der Waals surface area contributed by atoms with Crippen molar-refractivity contribution in [1.82, 2.24) is 0 Å². The normalized spacial score (nSPS) is 13.7. The average Bonchev–Trinajstić information content (AvgIpc) is 2.73. The third kappa shape index (κ3) is 6.01. The summed E-state index contributed by atoms with van der Waals surface area (Å²) >= 11 is 2.03.